The fourth-order valence-electron chi connectivity index (χ4n) is 2.09. The lowest BCUT2D eigenvalue weighted by Crippen LogP contribution is -2.57. The first-order valence-electron chi connectivity index (χ1n) is 6.79. The average molecular weight is 285 g/mol. The van der Waals surface area contributed by atoms with E-state index in [1.807, 2.05) is 20.8 Å². The van der Waals surface area contributed by atoms with Crippen LogP contribution in [-0.2, 0) is 9.59 Å². The molecule has 1 fully saturated rings. The van der Waals surface area contributed by atoms with E-state index >= 15 is 0 Å². The van der Waals surface area contributed by atoms with E-state index in [-0.39, 0.29) is 18.9 Å². The van der Waals surface area contributed by atoms with E-state index in [0.29, 0.717) is 13.0 Å². The lowest BCUT2D eigenvalue weighted by molar-refractivity contribution is -0.137. The van der Waals surface area contributed by atoms with Crippen molar-refractivity contribution < 1.29 is 19.5 Å². The summed E-state index contributed by atoms with van der Waals surface area (Å²) >= 11 is 0. The maximum atomic E-state index is 12.3. The molecule has 1 aliphatic rings. The third kappa shape index (κ3) is 4.71. The van der Waals surface area contributed by atoms with Gasteiger partial charge in [-0.05, 0) is 33.6 Å². The van der Waals surface area contributed by atoms with Gasteiger partial charge in [-0.15, -0.1) is 0 Å². The second-order valence-corrected chi connectivity index (χ2v) is 5.90. The van der Waals surface area contributed by atoms with Gasteiger partial charge < -0.3 is 20.6 Å². The Morgan fingerprint density at radius 1 is 1.45 bits per heavy atom. The Labute approximate surface area is 118 Å². The smallest absolute Gasteiger partial charge is 0.318 e. The number of carboxylic acid groups (broad SMARTS) is 1. The van der Waals surface area contributed by atoms with Crippen molar-refractivity contribution >= 4 is 17.9 Å². The summed E-state index contributed by atoms with van der Waals surface area (Å²) < 4.78 is 0. The van der Waals surface area contributed by atoms with Crippen LogP contribution in [0.3, 0.4) is 0 Å². The molecule has 0 aromatic rings. The number of hydrogen-bond donors (Lipinski definition) is 3. The minimum absolute atomic E-state index is 0.110. The number of hydrogen-bond acceptors (Lipinski definition) is 3. The summed E-state index contributed by atoms with van der Waals surface area (Å²) in [6.45, 7) is 6.23. The van der Waals surface area contributed by atoms with Gasteiger partial charge in [0.05, 0.1) is 6.42 Å². The Balaban J connectivity index is 2.67. The van der Waals surface area contributed by atoms with Crippen LogP contribution in [0.25, 0.3) is 0 Å². The number of nitrogens with one attached hydrogen (secondary N) is 2. The monoisotopic (exact) mass is 285 g/mol. The molecule has 0 spiro atoms. The lowest BCUT2D eigenvalue weighted by Gasteiger charge is -2.36. The zero-order chi connectivity index (χ0) is 15.3. The molecule has 0 bridgehead atoms. The maximum absolute atomic E-state index is 12.3. The Bertz CT molecular complexity index is 390. The van der Waals surface area contributed by atoms with Crippen molar-refractivity contribution in [1.29, 1.82) is 0 Å². The zero-order valence-electron chi connectivity index (χ0n) is 12.2. The second-order valence-electron chi connectivity index (χ2n) is 5.90. The summed E-state index contributed by atoms with van der Waals surface area (Å²) in [7, 11) is 0. The molecule has 1 saturated heterocycles. The van der Waals surface area contributed by atoms with Gasteiger partial charge in [0.15, 0.2) is 0 Å². The molecule has 0 radical (unpaired) electrons. The van der Waals surface area contributed by atoms with Crippen LogP contribution in [0.15, 0.2) is 0 Å². The minimum atomic E-state index is -0.956. The molecule has 0 saturated carbocycles. The summed E-state index contributed by atoms with van der Waals surface area (Å²) in [4.78, 5) is 36.0. The molecule has 3 N–H and O–H groups in total. The van der Waals surface area contributed by atoms with Crippen molar-refractivity contribution in [3.05, 3.63) is 0 Å². The number of amides is 3. The third-order valence-corrected chi connectivity index (χ3v) is 3.19. The van der Waals surface area contributed by atoms with Gasteiger partial charge in [0.2, 0.25) is 5.91 Å². The van der Waals surface area contributed by atoms with Crippen molar-refractivity contribution in [2.45, 2.75) is 51.6 Å². The summed E-state index contributed by atoms with van der Waals surface area (Å²) in [5, 5.41) is 14.1. The van der Waals surface area contributed by atoms with Gasteiger partial charge in [0, 0.05) is 18.6 Å². The van der Waals surface area contributed by atoms with Crippen molar-refractivity contribution in [2.75, 3.05) is 13.1 Å². The van der Waals surface area contributed by atoms with E-state index in [2.05, 4.69) is 10.6 Å². The molecule has 0 aromatic heterocycles. The molecule has 7 nitrogen and oxygen atoms in total. The Morgan fingerprint density at radius 2 is 2.10 bits per heavy atom. The first-order valence-corrected chi connectivity index (χ1v) is 6.79. The van der Waals surface area contributed by atoms with Crippen LogP contribution in [0, 0.1) is 0 Å². The van der Waals surface area contributed by atoms with E-state index in [4.69, 9.17) is 5.11 Å². The van der Waals surface area contributed by atoms with E-state index in [0.717, 1.165) is 6.42 Å². The van der Waals surface area contributed by atoms with Gasteiger partial charge in [0.25, 0.3) is 0 Å². The first-order chi connectivity index (χ1) is 9.21. The second kappa shape index (κ2) is 6.58. The van der Waals surface area contributed by atoms with E-state index in [9.17, 15) is 14.4 Å². The van der Waals surface area contributed by atoms with Gasteiger partial charge in [-0.2, -0.15) is 0 Å². The number of aliphatic carboxylic acids is 1. The zero-order valence-corrected chi connectivity index (χ0v) is 12.2. The normalized spacial score (nSPS) is 19.1. The molecule has 1 aliphatic heterocycles. The topological polar surface area (TPSA) is 98.7 Å². The molecular formula is C13H23N3O4. The van der Waals surface area contributed by atoms with E-state index < -0.39 is 23.6 Å². The molecule has 1 heterocycles. The highest BCUT2D eigenvalue weighted by atomic mass is 16.4. The fourth-order valence-corrected chi connectivity index (χ4v) is 2.09. The Morgan fingerprint density at radius 3 is 2.60 bits per heavy atom. The lowest BCUT2D eigenvalue weighted by atomic mass is 10.0. The maximum Gasteiger partial charge on any atom is 0.318 e. The highest BCUT2D eigenvalue weighted by Crippen LogP contribution is 2.15. The predicted octanol–water partition coefficient (Wildman–Crippen LogP) is 0.550. The van der Waals surface area contributed by atoms with E-state index in [1.54, 1.807) is 0 Å². The highest BCUT2D eigenvalue weighted by Gasteiger charge is 2.30. The van der Waals surface area contributed by atoms with Crippen LogP contribution in [-0.4, -0.2) is 52.6 Å². The van der Waals surface area contributed by atoms with Crippen molar-refractivity contribution in [3.8, 4) is 0 Å². The van der Waals surface area contributed by atoms with Gasteiger partial charge in [-0.1, -0.05) is 0 Å². The molecule has 1 unspecified atom stereocenters. The Kier molecular flexibility index (Phi) is 5.35. The highest BCUT2D eigenvalue weighted by molar-refractivity contribution is 5.87. The fraction of sp³-hybridized carbons (Fsp3) is 0.769. The van der Waals surface area contributed by atoms with Crippen molar-refractivity contribution in [2.24, 2.45) is 0 Å². The minimum Gasteiger partial charge on any atom is -0.481 e. The van der Waals surface area contributed by atoms with Crippen LogP contribution < -0.4 is 10.6 Å². The summed E-state index contributed by atoms with van der Waals surface area (Å²) in [6.07, 6.45) is 1.30. The average Bonchev–Trinajstić information content (AvgIpc) is 2.30. The molecule has 1 rings (SSSR count). The van der Waals surface area contributed by atoms with Gasteiger partial charge >= 0.3 is 12.0 Å². The number of carbonyl (C=O) groups excluding carboxylic acids is 2. The Hall–Kier alpha value is -1.79. The van der Waals surface area contributed by atoms with Gasteiger partial charge in [-0.25, -0.2) is 4.79 Å². The van der Waals surface area contributed by atoms with Crippen LogP contribution in [0.5, 0.6) is 0 Å². The quantitative estimate of drug-likeness (QED) is 0.702. The van der Waals surface area contributed by atoms with Crippen molar-refractivity contribution in [1.82, 2.24) is 15.5 Å². The molecular weight excluding hydrogens is 262 g/mol. The van der Waals surface area contributed by atoms with Crippen LogP contribution in [0.1, 0.15) is 40.0 Å². The number of carboxylic acids is 1. The standard InChI is InChI=1S/C13H23N3O4/c1-13(2,3)16(8-6-10(17)18)12(20)15-9-5-4-7-14-11(9)19/h9H,4-8H2,1-3H3,(H,14,19)(H,15,20)(H,17,18). The molecule has 114 valence electrons. The number of rotatable bonds is 4. The molecule has 0 aromatic carbocycles. The largest absolute Gasteiger partial charge is 0.481 e. The summed E-state index contributed by atoms with van der Waals surface area (Å²) in [5.74, 6) is -1.14. The SMILES string of the molecule is CC(C)(C)N(CCC(=O)O)C(=O)NC1CCCNC1=O. The molecule has 7 heteroatoms. The number of piperidine rings is 1. The number of carbonyl (C=O) groups is 3. The molecule has 20 heavy (non-hydrogen) atoms. The predicted molar refractivity (Wildman–Crippen MR) is 73.3 cm³/mol. The van der Waals surface area contributed by atoms with E-state index in [1.165, 1.54) is 4.90 Å². The van der Waals surface area contributed by atoms with Crippen LogP contribution >= 0.6 is 0 Å². The van der Waals surface area contributed by atoms with Gasteiger partial charge in [-0.3, -0.25) is 9.59 Å². The summed E-state index contributed by atoms with van der Waals surface area (Å²) in [6, 6.07) is -0.938. The van der Waals surface area contributed by atoms with Crippen molar-refractivity contribution in [3.63, 3.8) is 0 Å². The number of nitrogens with zero attached hydrogens (tertiary/aromatic N) is 1. The van der Waals surface area contributed by atoms with Gasteiger partial charge in [0.1, 0.15) is 6.04 Å². The molecule has 3 amide bonds. The third-order valence-electron chi connectivity index (χ3n) is 3.19. The first kappa shape index (κ1) is 16.3. The van der Waals surface area contributed by atoms with Crippen LogP contribution in [0.2, 0.25) is 0 Å². The summed E-state index contributed by atoms with van der Waals surface area (Å²) in [5.41, 5.74) is -0.509. The molecule has 1 atom stereocenters. The molecule has 0 aliphatic carbocycles. The van der Waals surface area contributed by atoms with Crippen LogP contribution in [0.4, 0.5) is 4.79 Å². The number of urea groups is 1.